The summed E-state index contributed by atoms with van der Waals surface area (Å²) in [7, 11) is 0. The molecule has 2 aliphatic heterocycles. The summed E-state index contributed by atoms with van der Waals surface area (Å²) in [6, 6.07) is 8.80. The van der Waals surface area contributed by atoms with Crippen molar-refractivity contribution >= 4 is 6.03 Å². The van der Waals surface area contributed by atoms with E-state index in [2.05, 4.69) is 53.2 Å². The van der Waals surface area contributed by atoms with E-state index < -0.39 is 0 Å². The Balaban J connectivity index is 1.33. The van der Waals surface area contributed by atoms with E-state index in [9.17, 15) is 4.79 Å². The number of aryl methyl sites for hydroxylation is 1. The van der Waals surface area contributed by atoms with Crippen LogP contribution in [0.4, 0.5) is 4.79 Å². The maximum absolute atomic E-state index is 12.4. The number of carbonyl (C=O) groups excluding carboxylic acids is 1. The van der Waals surface area contributed by atoms with E-state index in [0.717, 1.165) is 51.7 Å². The van der Waals surface area contributed by atoms with Crippen molar-refractivity contribution in [2.75, 3.05) is 52.4 Å². The summed E-state index contributed by atoms with van der Waals surface area (Å²) >= 11 is 0. The fourth-order valence-corrected chi connectivity index (χ4v) is 3.90. The van der Waals surface area contributed by atoms with Crippen LogP contribution in [0.15, 0.2) is 24.3 Å². The van der Waals surface area contributed by atoms with Gasteiger partial charge in [-0.05, 0) is 44.3 Å². The molecular weight excluding hydrogens is 324 g/mol. The first-order chi connectivity index (χ1) is 12.6. The van der Waals surface area contributed by atoms with Gasteiger partial charge in [-0.25, -0.2) is 4.79 Å². The van der Waals surface area contributed by atoms with Gasteiger partial charge in [-0.1, -0.05) is 36.8 Å². The van der Waals surface area contributed by atoms with Crippen LogP contribution in [-0.4, -0.2) is 73.1 Å². The predicted octanol–water partition coefficient (Wildman–Crippen LogP) is 2.55. The van der Waals surface area contributed by atoms with E-state index in [1.54, 1.807) is 0 Å². The largest absolute Gasteiger partial charge is 0.337 e. The zero-order chi connectivity index (χ0) is 18.4. The summed E-state index contributed by atoms with van der Waals surface area (Å²) in [6.07, 6.45) is 2.58. The molecule has 2 saturated heterocycles. The maximum atomic E-state index is 12.4. The second kappa shape index (κ2) is 9.38. The fourth-order valence-electron chi connectivity index (χ4n) is 3.90. The van der Waals surface area contributed by atoms with Gasteiger partial charge >= 0.3 is 6.03 Å². The number of amides is 2. The lowest BCUT2D eigenvalue weighted by molar-refractivity contribution is 0.133. The van der Waals surface area contributed by atoms with E-state index >= 15 is 0 Å². The lowest BCUT2D eigenvalue weighted by Gasteiger charge is -2.35. The van der Waals surface area contributed by atoms with Gasteiger partial charge in [-0.15, -0.1) is 0 Å². The van der Waals surface area contributed by atoms with Crippen molar-refractivity contribution in [1.29, 1.82) is 0 Å². The average molecular weight is 359 g/mol. The van der Waals surface area contributed by atoms with Crippen LogP contribution >= 0.6 is 0 Å². The number of piperidine rings is 1. The average Bonchev–Trinajstić information content (AvgIpc) is 2.64. The second-order valence-electron chi connectivity index (χ2n) is 8.01. The van der Waals surface area contributed by atoms with Gasteiger partial charge in [0.15, 0.2) is 0 Å². The molecule has 0 unspecified atom stereocenters. The zero-order valence-electron chi connectivity index (χ0n) is 16.4. The number of nitrogens with one attached hydrogen (secondary N) is 1. The van der Waals surface area contributed by atoms with E-state index in [-0.39, 0.29) is 6.03 Å². The van der Waals surface area contributed by atoms with Crippen LogP contribution in [0, 0.1) is 12.8 Å². The molecule has 26 heavy (non-hydrogen) atoms. The maximum Gasteiger partial charge on any atom is 0.317 e. The van der Waals surface area contributed by atoms with Crippen LogP contribution in [0.5, 0.6) is 0 Å². The Morgan fingerprint density at radius 2 is 1.81 bits per heavy atom. The molecule has 1 aromatic carbocycles. The highest BCUT2D eigenvalue weighted by molar-refractivity contribution is 5.74. The van der Waals surface area contributed by atoms with Crippen molar-refractivity contribution in [2.45, 2.75) is 33.2 Å². The summed E-state index contributed by atoms with van der Waals surface area (Å²) < 4.78 is 0. The molecule has 2 aliphatic rings. The SMILES string of the molecule is Cc1cccc(CN2CCN(C(=O)NCCN3CCC(C)CC3)CC2)c1. The molecule has 2 fully saturated rings. The van der Waals surface area contributed by atoms with Crippen LogP contribution in [-0.2, 0) is 6.54 Å². The highest BCUT2D eigenvalue weighted by Gasteiger charge is 2.21. The first-order valence-electron chi connectivity index (χ1n) is 10.1. The van der Waals surface area contributed by atoms with Crippen LogP contribution in [0.1, 0.15) is 30.9 Å². The second-order valence-corrected chi connectivity index (χ2v) is 8.01. The van der Waals surface area contributed by atoms with E-state index in [1.165, 1.54) is 37.1 Å². The molecule has 0 radical (unpaired) electrons. The Morgan fingerprint density at radius 3 is 2.50 bits per heavy atom. The third-order valence-electron chi connectivity index (χ3n) is 5.73. The molecule has 0 aromatic heterocycles. The molecule has 2 amide bonds. The van der Waals surface area contributed by atoms with Gasteiger partial charge in [-0.3, -0.25) is 4.90 Å². The number of likely N-dealkylation sites (tertiary alicyclic amines) is 1. The molecule has 0 atom stereocenters. The molecule has 2 heterocycles. The van der Waals surface area contributed by atoms with Crippen LogP contribution in [0.3, 0.4) is 0 Å². The highest BCUT2D eigenvalue weighted by atomic mass is 16.2. The number of piperazine rings is 1. The van der Waals surface area contributed by atoms with Crippen molar-refractivity contribution in [2.24, 2.45) is 5.92 Å². The number of benzene rings is 1. The number of carbonyl (C=O) groups is 1. The lowest BCUT2D eigenvalue weighted by atomic mass is 9.99. The molecule has 0 spiro atoms. The summed E-state index contributed by atoms with van der Waals surface area (Å²) in [5, 5.41) is 3.11. The molecule has 5 nitrogen and oxygen atoms in total. The minimum absolute atomic E-state index is 0.102. The monoisotopic (exact) mass is 358 g/mol. The van der Waals surface area contributed by atoms with Crippen LogP contribution < -0.4 is 5.32 Å². The summed E-state index contributed by atoms with van der Waals surface area (Å²) in [6.45, 7) is 13.1. The van der Waals surface area contributed by atoms with Gasteiger partial charge in [0.05, 0.1) is 0 Å². The number of hydrogen-bond acceptors (Lipinski definition) is 3. The van der Waals surface area contributed by atoms with E-state index in [4.69, 9.17) is 0 Å². The molecule has 1 aromatic rings. The minimum Gasteiger partial charge on any atom is -0.337 e. The number of urea groups is 1. The highest BCUT2D eigenvalue weighted by Crippen LogP contribution is 2.15. The number of hydrogen-bond donors (Lipinski definition) is 1. The molecule has 144 valence electrons. The van der Waals surface area contributed by atoms with Gasteiger partial charge in [0.1, 0.15) is 0 Å². The number of nitrogens with zero attached hydrogens (tertiary/aromatic N) is 3. The normalized spacial score (nSPS) is 20.3. The smallest absolute Gasteiger partial charge is 0.317 e. The third kappa shape index (κ3) is 5.71. The molecular formula is C21H34N4O. The topological polar surface area (TPSA) is 38.8 Å². The van der Waals surface area contributed by atoms with Crippen molar-refractivity contribution in [3.8, 4) is 0 Å². The first kappa shape index (κ1) is 19.2. The lowest BCUT2D eigenvalue weighted by Crippen LogP contribution is -2.52. The van der Waals surface area contributed by atoms with Crippen molar-refractivity contribution in [3.05, 3.63) is 35.4 Å². The molecule has 3 rings (SSSR count). The predicted molar refractivity (Wildman–Crippen MR) is 106 cm³/mol. The number of rotatable bonds is 5. The summed E-state index contributed by atoms with van der Waals surface area (Å²) in [4.78, 5) is 19.3. The van der Waals surface area contributed by atoms with Gasteiger partial charge in [-0.2, -0.15) is 0 Å². The van der Waals surface area contributed by atoms with Crippen LogP contribution in [0.25, 0.3) is 0 Å². The molecule has 0 aliphatic carbocycles. The molecule has 0 bridgehead atoms. The molecule has 5 heteroatoms. The summed E-state index contributed by atoms with van der Waals surface area (Å²) in [5.41, 5.74) is 2.67. The minimum atomic E-state index is 0.102. The van der Waals surface area contributed by atoms with Gasteiger partial charge in [0, 0.05) is 45.8 Å². The third-order valence-corrected chi connectivity index (χ3v) is 5.73. The molecule has 1 N–H and O–H groups in total. The van der Waals surface area contributed by atoms with E-state index in [0.29, 0.717) is 0 Å². The van der Waals surface area contributed by atoms with Gasteiger partial charge in [0.25, 0.3) is 0 Å². The quantitative estimate of drug-likeness (QED) is 0.879. The van der Waals surface area contributed by atoms with Crippen molar-refractivity contribution in [1.82, 2.24) is 20.0 Å². The Morgan fingerprint density at radius 1 is 1.08 bits per heavy atom. The van der Waals surface area contributed by atoms with E-state index in [1.807, 2.05) is 4.90 Å². The zero-order valence-corrected chi connectivity index (χ0v) is 16.4. The fraction of sp³-hybridized carbons (Fsp3) is 0.667. The van der Waals surface area contributed by atoms with Crippen molar-refractivity contribution < 1.29 is 4.79 Å². The van der Waals surface area contributed by atoms with Crippen molar-refractivity contribution in [3.63, 3.8) is 0 Å². The Bertz CT molecular complexity index is 575. The standard InChI is InChI=1S/C21H34N4O/c1-18-6-9-23(10-7-18)11-8-22-21(26)25-14-12-24(13-15-25)17-20-5-3-4-19(2)16-20/h3-5,16,18H,6-15,17H2,1-2H3,(H,22,26). The van der Waals surface area contributed by atoms with Gasteiger partial charge in [0.2, 0.25) is 0 Å². The van der Waals surface area contributed by atoms with Crippen LogP contribution in [0.2, 0.25) is 0 Å². The van der Waals surface area contributed by atoms with Gasteiger partial charge < -0.3 is 15.1 Å². The Labute approximate surface area is 158 Å². The summed E-state index contributed by atoms with van der Waals surface area (Å²) in [5.74, 6) is 0.858. The molecule has 0 saturated carbocycles. The Hall–Kier alpha value is -1.59. The first-order valence-corrected chi connectivity index (χ1v) is 10.1. The Kier molecular flexibility index (Phi) is 6.92.